The first kappa shape index (κ1) is 39.0. The van der Waals surface area contributed by atoms with Gasteiger partial charge in [-0.2, -0.15) is 0 Å². The molecule has 15 heteroatoms. The second-order valence-corrected chi connectivity index (χ2v) is 18.2. The van der Waals surface area contributed by atoms with Gasteiger partial charge in [-0.05, 0) is 75.3 Å². The molecule has 322 valence electrons. The summed E-state index contributed by atoms with van der Waals surface area (Å²) >= 11 is 0. The number of nitrogens with one attached hydrogen (secondary N) is 1. The van der Waals surface area contributed by atoms with Gasteiger partial charge in [-0.15, -0.1) is 0 Å². The molecule has 3 saturated carbocycles. The number of alkyl carbamates (subject to hydrolysis) is 1. The molecule has 60 heavy (non-hydrogen) atoms. The quantitative estimate of drug-likeness (QED) is 0.162. The van der Waals surface area contributed by atoms with Crippen molar-refractivity contribution in [3.05, 3.63) is 82.9 Å². The molecule has 1 saturated heterocycles. The van der Waals surface area contributed by atoms with Crippen molar-refractivity contribution in [2.75, 3.05) is 6.61 Å². The Bertz CT molecular complexity index is 2200. The number of carbonyl (C=O) groups excluding carboxylic acids is 6. The Morgan fingerprint density at radius 2 is 1.62 bits per heavy atom. The molecule has 3 N–H and O–H groups in total. The molecule has 1 heterocycles. The van der Waals surface area contributed by atoms with Crippen molar-refractivity contribution in [1.29, 1.82) is 2.86 Å². The Hall–Kier alpha value is -5.12. The molecule has 5 aliphatic rings. The molecular formula is C45H53NO14. The van der Waals surface area contributed by atoms with E-state index in [1.165, 1.54) is 31.2 Å². The number of ether oxygens (including phenoxy) is 6. The van der Waals surface area contributed by atoms with Gasteiger partial charge in [0.05, 0.1) is 24.1 Å². The summed E-state index contributed by atoms with van der Waals surface area (Å²) in [6.07, 6.45) is -8.53. The van der Waals surface area contributed by atoms with Crippen molar-refractivity contribution in [3.8, 4) is 0 Å². The van der Waals surface area contributed by atoms with E-state index in [9.17, 15) is 24.0 Å². The van der Waals surface area contributed by atoms with Crippen molar-refractivity contribution in [2.24, 2.45) is 22.7 Å². The van der Waals surface area contributed by atoms with Crippen molar-refractivity contribution < 1.29 is 68.8 Å². The fraction of sp³-hybridized carbons (Fsp3) is 0.556. The van der Waals surface area contributed by atoms with E-state index in [0.717, 1.165) is 6.92 Å². The first-order valence-electron chi connectivity index (χ1n) is 21.4. The number of rotatable bonds is 11. The van der Waals surface area contributed by atoms with Gasteiger partial charge >= 0.3 is 30.0 Å². The van der Waals surface area contributed by atoms with Crippen molar-refractivity contribution in [1.82, 2.24) is 5.31 Å². The maximum absolute atomic E-state index is 15.6. The molecule has 4 fully saturated rings. The van der Waals surface area contributed by atoms with Crippen LogP contribution in [0.25, 0.3) is 0 Å². The predicted octanol–water partition coefficient (Wildman–Crippen LogP) is 4.47. The van der Waals surface area contributed by atoms with Gasteiger partial charge in [-0.1, -0.05) is 62.4 Å². The van der Waals surface area contributed by atoms with Gasteiger partial charge in [-0.3, -0.25) is 14.4 Å². The molecule has 2 bridgehead atoms. The van der Waals surface area contributed by atoms with E-state index in [4.69, 9.17) is 42.9 Å². The van der Waals surface area contributed by atoms with Crippen LogP contribution >= 0.6 is 0 Å². The minimum absolute atomic E-state index is 0.116. The lowest BCUT2D eigenvalue weighted by molar-refractivity contribution is -0.323. The van der Waals surface area contributed by atoms with Gasteiger partial charge in [0.25, 0.3) is 0 Å². The molecular weight excluding hydrogens is 778 g/mol. The van der Waals surface area contributed by atoms with Crippen LogP contribution in [0, 0.1) is 22.7 Å². The van der Waals surface area contributed by atoms with E-state index in [0.29, 0.717) is 11.7 Å². The molecule has 7 rings (SSSR count). The number of esters is 4. The number of fused-ring (bicyclic) bond motifs is 4. The zero-order valence-electron chi connectivity index (χ0n) is 37.9. The number of Topliss-reactive ketones (excluding diaryl/α,β-unsaturated/α-hetero) is 1. The third-order valence-electron chi connectivity index (χ3n) is 13.1. The van der Waals surface area contributed by atoms with Crippen LogP contribution in [0.4, 0.5) is 4.79 Å². The highest BCUT2D eigenvalue weighted by Crippen LogP contribution is 2.74. The zero-order valence-corrected chi connectivity index (χ0v) is 34.9. The number of carbonyl (C=O) groups is 6. The maximum atomic E-state index is 15.6. The summed E-state index contributed by atoms with van der Waals surface area (Å²) in [5.41, 5.74) is -7.01. The number of hydrogen-bond donors (Lipinski definition) is 3. The maximum Gasteiger partial charge on any atom is 0.408 e. The minimum Gasteiger partial charge on any atom is -0.456 e. The second kappa shape index (κ2) is 15.1. The fourth-order valence-electron chi connectivity index (χ4n) is 10.3. The summed E-state index contributed by atoms with van der Waals surface area (Å²) in [5, 5.41) is 11.3. The first-order chi connectivity index (χ1) is 29.6. The number of aliphatic hydroxyl groups excluding tert-OH is 1. The van der Waals surface area contributed by atoms with E-state index < -0.39 is 118 Å². The molecule has 0 aromatic heterocycles. The lowest BCUT2D eigenvalue weighted by atomic mass is 9.48. The molecule has 0 radical (unpaired) electrons. The molecule has 15 nitrogen and oxygen atoms in total. The van der Waals surface area contributed by atoms with E-state index in [1.54, 1.807) is 77.9 Å². The van der Waals surface area contributed by atoms with Gasteiger partial charge in [0.15, 0.2) is 25.0 Å². The zero-order chi connectivity index (χ0) is 46.0. The van der Waals surface area contributed by atoms with Gasteiger partial charge in [0.1, 0.15) is 29.5 Å². The standard InChI is InChI=1S/C45H53NO14/c1-23-29(57-39(52)33(49)32(26-15-11-9-12-16-26)46-40(53)60-41(4,5)6)21-45(54)37(58-38(51)27-17-13-10-14-18-27)35-43(36(50)34(56-24(2)47)31(23)42(45,7)8)20-28(43)19-30-44(35,22-55-30)59-25(3)48/h9-18,28-30,32-35,37,49,54H,19-22H2,1-8H3,(H,46,53)/t28-,29+,30-,32+,33-,34-,35+,37+,43-,44+,45-/m1/s1/i49D,54D/hD. The third kappa shape index (κ3) is 7.07. The average molecular weight is 835 g/mol. The first-order valence-corrected chi connectivity index (χ1v) is 20.1. The van der Waals surface area contributed by atoms with E-state index in [-0.39, 0.29) is 35.3 Å². The Kier molecular flexibility index (Phi) is 9.83. The molecule has 1 amide bonds. The lowest BCUT2D eigenvalue weighted by Gasteiger charge is -2.64. The normalized spacial score (nSPS) is 34.0. The molecule has 1 spiro atoms. The Balaban J connectivity index is 1.41. The minimum atomic E-state index is -2.08. The van der Waals surface area contributed by atoms with Crippen molar-refractivity contribution in [3.63, 3.8) is 0 Å². The lowest BCUT2D eigenvalue weighted by Crippen LogP contribution is -2.78. The predicted molar refractivity (Wildman–Crippen MR) is 210 cm³/mol. The molecule has 0 unspecified atom stereocenters. The van der Waals surface area contributed by atoms with E-state index >= 15 is 4.79 Å². The summed E-state index contributed by atoms with van der Waals surface area (Å²) in [6, 6.07) is 14.3. The van der Waals surface area contributed by atoms with Crippen LogP contribution in [-0.2, 0) is 47.6 Å². The fourth-order valence-corrected chi connectivity index (χ4v) is 10.3. The summed E-state index contributed by atoms with van der Waals surface area (Å²) < 4.78 is 62.4. The summed E-state index contributed by atoms with van der Waals surface area (Å²) in [4.78, 5) is 84.1. The van der Waals surface area contributed by atoms with Gasteiger partial charge in [0.2, 0.25) is 2.86 Å². The Labute approximate surface area is 352 Å². The highest BCUT2D eigenvalue weighted by atomic mass is 16.6. The van der Waals surface area contributed by atoms with Crippen LogP contribution in [0.15, 0.2) is 71.8 Å². The van der Waals surface area contributed by atoms with E-state index in [2.05, 4.69) is 0 Å². The highest BCUT2D eigenvalue weighted by Gasteiger charge is 2.84. The Morgan fingerprint density at radius 1 is 0.950 bits per heavy atom. The number of aliphatic hydroxyl groups is 2. The van der Waals surface area contributed by atoms with Crippen LogP contribution < -0.4 is 5.31 Å². The third-order valence-corrected chi connectivity index (χ3v) is 13.1. The monoisotopic (exact) mass is 834 g/mol. The molecule has 2 aromatic carbocycles. The van der Waals surface area contributed by atoms with Gasteiger partial charge in [0, 0.05) is 31.1 Å². The SMILES string of the molecule is [2H]O[C@@H](C(=O)O[C@H]1C[C@@]2(O[2H])[C@@H](OC(=O)c3ccccc3)[C@@H]3[C@]4(OC(C)=O)CO[C@@H]4C[C@@H]4C[C@@]43C(=O)[C@H](OC(C)=O)C(=C1C)C2(C)C)[C@H](c1ccccc1)N([2H])C(=O)OC(C)(C)C. The Morgan fingerprint density at radius 3 is 2.18 bits per heavy atom. The van der Waals surface area contributed by atoms with Crippen LogP contribution in [0.2, 0.25) is 1.41 Å². The largest absolute Gasteiger partial charge is 0.456 e. The number of amides is 1. The average Bonchev–Trinajstić information content (AvgIpc) is 3.95. The van der Waals surface area contributed by atoms with Crippen LogP contribution in [0.3, 0.4) is 0 Å². The summed E-state index contributed by atoms with van der Waals surface area (Å²) in [6.45, 7) is 11.8. The number of benzene rings is 2. The van der Waals surface area contributed by atoms with Crippen LogP contribution in [0.5, 0.6) is 0 Å². The van der Waals surface area contributed by atoms with Gasteiger partial charge < -0.3 is 43.9 Å². The summed E-state index contributed by atoms with van der Waals surface area (Å²) in [5.74, 6) is -5.81. The number of hydrogen-bond acceptors (Lipinski definition) is 14. The van der Waals surface area contributed by atoms with Crippen LogP contribution in [0.1, 0.15) is 96.6 Å². The van der Waals surface area contributed by atoms with Crippen molar-refractivity contribution in [2.45, 2.75) is 128 Å². The second-order valence-electron chi connectivity index (χ2n) is 18.2. The molecule has 4 aliphatic carbocycles. The topological polar surface area (TPSA) is 210 Å². The van der Waals surface area contributed by atoms with Crippen molar-refractivity contribution >= 4 is 35.8 Å². The van der Waals surface area contributed by atoms with Gasteiger partial charge in [-0.25, -0.2) is 14.4 Å². The van der Waals surface area contributed by atoms with Crippen LogP contribution in [-0.4, -0.2) is 103 Å². The molecule has 11 atom stereocenters. The highest BCUT2D eigenvalue weighted by molar-refractivity contribution is 5.97. The van der Waals surface area contributed by atoms with E-state index in [1.807, 2.05) is 0 Å². The molecule has 2 aromatic rings. The smallest absolute Gasteiger partial charge is 0.408 e. The summed E-state index contributed by atoms with van der Waals surface area (Å²) in [7, 11) is 0. The number of ketones is 1. The molecule has 1 aliphatic heterocycles.